The Hall–Kier alpha value is -4.73. The van der Waals surface area contributed by atoms with Gasteiger partial charge >= 0.3 is 5.97 Å². The number of ketones is 3. The van der Waals surface area contributed by atoms with E-state index in [9.17, 15) is 39.6 Å². The number of carbonyl (C=O) groups is 4. The molecule has 3 aliphatic rings. The van der Waals surface area contributed by atoms with Crippen LogP contribution in [0.2, 0.25) is 0 Å². The van der Waals surface area contributed by atoms with Crippen molar-refractivity contribution in [1.29, 1.82) is 0 Å². The molecule has 14 heteroatoms. The highest BCUT2D eigenvalue weighted by molar-refractivity contribution is 6.31. The average molecular weight is 649 g/mol. The number of Topliss-reactive ketones (excluding diaryl/α,β-unsaturated/α-hetero) is 1. The second-order valence-electron chi connectivity index (χ2n) is 11.8. The maximum Gasteiger partial charge on any atom is 0.340 e. The Balaban J connectivity index is 1.42. The van der Waals surface area contributed by atoms with Crippen LogP contribution in [0.4, 0.5) is 0 Å². The lowest BCUT2D eigenvalue weighted by Crippen LogP contribution is -2.53. The fourth-order valence-corrected chi connectivity index (χ4v) is 6.44. The van der Waals surface area contributed by atoms with Gasteiger partial charge in [0.25, 0.3) is 0 Å². The number of ether oxygens (including phenoxy) is 4. The molecule has 3 aromatic rings. The van der Waals surface area contributed by atoms with Crippen LogP contribution in [-0.4, -0.2) is 92.6 Å². The number of phenolic OH excluding ortho intramolecular Hbond substituents is 2. The number of aliphatic hydroxyl groups is 2. The molecule has 2 heterocycles. The minimum absolute atomic E-state index is 0.0217. The number of nitrogens with zero attached hydrogens (tertiary/aromatic N) is 1. The first-order valence-corrected chi connectivity index (χ1v) is 14.8. The predicted octanol–water partition coefficient (Wildman–Crippen LogP) is 1.26. The number of hydrogen-bond acceptors (Lipinski definition) is 14. The Bertz CT molecular complexity index is 1780. The van der Waals surface area contributed by atoms with Crippen LogP contribution in [0.15, 0.2) is 42.7 Å². The Morgan fingerprint density at radius 1 is 1.09 bits per heavy atom. The van der Waals surface area contributed by atoms with Crippen LogP contribution in [-0.2, 0) is 25.4 Å². The Morgan fingerprint density at radius 2 is 1.83 bits per heavy atom. The lowest BCUT2D eigenvalue weighted by Gasteiger charge is -2.42. The fraction of sp³-hybridized carbons (Fsp3) is 0.364. The molecule has 6 N–H and O–H groups in total. The minimum Gasteiger partial charge on any atom is -0.507 e. The molecule has 14 nitrogen and oxygen atoms in total. The monoisotopic (exact) mass is 648 g/mol. The van der Waals surface area contributed by atoms with E-state index in [0.29, 0.717) is 0 Å². The van der Waals surface area contributed by atoms with Gasteiger partial charge in [-0.05, 0) is 25.1 Å². The Morgan fingerprint density at radius 3 is 2.51 bits per heavy atom. The Kier molecular flexibility index (Phi) is 8.32. The molecule has 2 aromatic carbocycles. The van der Waals surface area contributed by atoms with Gasteiger partial charge < -0.3 is 45.1 Å². The highest BCUT2D eigenvalue weighted by atomic mass is 16.7. The van der Waals surface area contributed by atoms with Gasteiger partial charge in [-0.1, -0.05) is 12.1 Å². The first-order chi connectivity index (χ1) is 22.4. The summed E-state index contributed by atoms with van der Waals surface area (Å²) < 4.78 is 22.4. The van der Waals surface area contributed by atoms with Crippen molar-refractivity contribution in [3.63, 3.8) is 0 Å². The highest BCUT2D eigenvalue weighted by Gasteiger charge is 2.50. The van der Waals surface area contributed by atoms with Crippen molar-refractivity contribution in [2.45, 2.75) is 62.4 Å². The van der Waals surface area contributed by atoms with Crippen LogP contribution in [0, 0.1) is 0 Å². The topological polar surface area (TPSA) is 225 Å². The van der Waals surface area contributed by atoms with Crippen molar-refractivity contribution < 1.29 is 58.6 Å². The van der Waals surface area contributed by atoms with E-state index in [2.05, 4.69) is 4.98 Å². The molecule has 1 saturated heterocycles. The van der Waals surface area contributed by atoms with Crippen LogP contribution >= 0.6 is 0 Å². The van der Waals surface area contributed by atoms with Gasteiger partial charge in [-0.3, -0.25) is 19.4 Å². The van der Waals surface area contributed by atoms with Crippen LogP contribution < -0.4 is 10.5 Å². The van der Waals surface area contributed by atoms with E-state index in [-0.39, 0.29) is 40.0 Å². The fourth-order valence-electron chi connectivity index (χ4n) is 6.44. The van der Waals surface area contributed by atoms with E-state index < -0.39 is 102 Å². The van der Waals surface area contributed by atoms with Crippen molar-refractivity contribution in [1.82, 2.24) is 4.98 Å². The van der Waals surface area contributed by atoms with E-state index in [1.165, 1.54) is 49.8 Å². The summed E-state index contributed by atoms with van der Waals surface area (Å²) >= 11 is 0. The number of pyridine rings is 1. The number of methoxy groups -OCH3 is 1. The van der Waals surface area contributed by atoms with E-state index >= 15 is 0 Å². The molecule has 6 rings (SSSR count). The predicted molar refractivity (Wildman–Crippen MR) is 159 cm³/mol. The summed E-state index contributed by atoms with van der Waals surface area (Å²) in [5.74, 6) is -4.79. The number of aromatic hydroxyl groups is 2. The summed E-state index contributed by atoms with van der Waals surface area (Å²) in [5, 5.41) is 45.3. The highest BCUT2D eigenvalue weighted by Crippen LogP contribution is 2.52. The van der Waals surface area contributed by atoms with Crippen molar-refractivity contribution in [2.75, 3.05) is 13.7 Å². The number of hydrogen-bond donors (Lipinski definition) is 5. The molecule has 0 saturated carbocycles. The maximum atomic E-state index is 13.8. The molecule has 0 amide bonds. The smallest absolute Gasteiger partial charge is 0.340 e. The standard InChI is InChI=1S/C33H32N2O12/c1-14-27(37)18(34)9-22(46-14)47-20-11-33(43,21(36)13-45-32(42)15-5-4-8-35-12-15)10-17-24(20)31(41)26-25(29(17)39)28(38)16-6-3-7-19(44-2)23(16)30(26)40/h3-8,12,14,18,20,22,27,37,39,41,43H,9-11,13,34H2,1-2H3/t14-,18-,20-,22+,27+,33+/m1/s1. The molecule has 0 bridgehead atoms. The average Bonchev–Trinajstić information content (AvgIpc) is 3.06. The van der Waals surface area contributed by atoms with Crippen LogP contribution in [0.3, 0.4) is 0 Å². The van der Waals surface area contributed by atoms with Crippen LogP contribution in [0.5, 0.6) is 17.2 Å². The van der Waals surface area contributed by atoms with Crippen LogP contribution in [0.25, 0.3) is 0 Å². The molecule has 246 valence electrons. The third kappa shape index (κ3) is 5.43. The molecular formula is C33H32N2O12. The summed E-state index contributed by atoms with van der Waals surface area (Å²) in [6.45, 7) is 0.697. The third-order valence-electron chi connectivity index (χ3n) is 8.89. The molecule has 47 heavy (non-hydrogen) atoms. The van der Waals surface area contributed by atoms with Gasteiger partial charge in [0, 0.05) is 54.4 Å². The van der Waals surface area contributed by atoms with E-state index in [4.69, 9.17) is 24.7 Å². The van der Waals surface area contributed by atoms with Crippen molar-refractivity contribution in [3.05, 3.63) is 81.7 Å². The number of aliphatic hydroxyl groups excluding tert-OH is 1. The second kappa shape index (κ2) is 12.1. The first-order valence-electron chi connectivity index (χ1n) is 14.8. The van der Waals surface area contributed by atoms with Crippen LogP contribution in [0.1, 0.15) is 79.2 Å². The van der Waals surface area contributed by atoms with Gasteiger partial charge in [0.2, 0.25) is 11.6 Å². The summed E-state index contributed by atoms with van der Waals surface area (Å²) in [7, 11) is 1.32. The summed E-state index contributed by atoms with van der Waals surface area (Å²) in [5.41, 5.74) is 2.22. The zero-order valence-electron chi connectivity index (χ0n) is 25.3. The molecular weight excluding hydrogens is 616 g/mol. The number of carbonyl (C=O) groups excluding carboxylic acids is 4. The lowest BCUT2D eigenvalue weighted by atomic mass is 9.72. The van der Waals surface area contributed by atoms with E-state index in [0.717, 1.165) is 0 Å². The number of aromatic nitrogens is 1. The molecule has 0 unspecified atom stereocenters. The van der Waals surface area contributed by atoms with Gasteiger partial charge in [-0.25, -0.2) is 4.79 Å². The summed E-state index contributed by atoms with van der Waals surface area (Å²) in [6, 6.07) is 6.50. The summed E-state index contributed by atoms with van der Waals surface area (Å²) in [6.07, 6.45) is -2.82. The Labute approximate surface area is 267 Å². The lowest BCUT2D eigenvalue weighted by molar-refractivity contribution is -0.247. The van der Waals surface area contributed by atoms with Gasteiger partial charge in [-0.15, -0.1) is 0 Å². The molecule has 2 aliphatic carbocycles. The van der Waals surface area contributed by atoms with E-state index in [1.54, 1.807) is 6.92 Å². The van der Waals surface area contributed by atoms with Gasteiger partial charge in [0.05, 0.1) is 47.7 Å². The quantitative estimate of drug-likeness (QED) is 0.141. The second-order valence-corrected chi connectivity index (χ2v) is 11.8. The molecule has 1 aliphatic heterocycles. The number of fused-ring (bicyclic) bond motifs is 3. The number of nitrogens with two attached hydrogens (primary N) is 1. The van der Waals surface area contributed by atoms with Gasteiger partial charge in [0.15, 0.2) is 18.7 Å². The first kappa shape index (κ1) is 32.2. The summed E-state index contributed by atoms with van der Waals surface area (Å²) in [4.78, 5) is 57.4. The molecule has 0 radical (unpaired) electrons. The van der Waals surface area contributed by atoms with Gasteiger partial charge in [0.1, 0.15) is 22.8 Å². The zero-order valence-corrected chi connectivity index (χ0v) is 25.3. The third-order valence-corrected chi connectivity index (χ3v) is 8.89. The van der Waals surface area contributed by atoms with Crippen molar-refractivity contribution >= 4 is 23.3 Å². The van der Waals surface area contributed by atoms with Crippen molar-refractivity contribution in [2.24, 2.45) is 5.73 Å². The maximum absolute atomic E-state index is 13.8. The van der Waals surface area contributed by atoms with Crippen molar-refractivity contribution in [3.8, 4) is 17.2 Å². The normalized spacial score (nSPS) is 26.5. The number of rotatable bonds is 7. The van der Waals surface area contributed by atoms with Gasteiger partial charge in [-0.2, -0.15) is 0 Å². The molecule has 1 fully saturated rings. The number of phenols is 2. The molecule has 6 atom stereocenters. The molecule has 0 spiro atoms. The minimum atomic E-state index is -2.35. The van der Waals surface area contributed by atoms with E-state index in [1.807, 2.05) is 0 Å². The largest absolute Gasteiger partial charge is 0.507 e. The number of esters is 1. The zero-order chi connectivity index (χ0) is 33.8. The number of benzene rings is 2. The molecule has 1 aromatic heterocycles. The SMILES string of the molecule is COc1cccc2c1C(=O)c1c(O)c3c(c(O)c1C2=O)C[C@@](O)(C(=O)COC(=O)c1cccnc1)C[C@H]3O[C@H]1C[C@@H](N)[C@@H](O)[C@@H](C)O1.